The molecule has 1 heterocycles. The van der Waals surface area contributed by atoms with Crippen LogP contribution in [0.5, 0.6) is 0 Å². The number of aliphatic hydroxyl groups excluding tert-OH is 1. The molecular formula is C68H168N12O13. The number of carbonyl (C=O) groups excluding carboxylic acids is 12. The summed E-state index contributed by atoms with van der Waals surface area (Å²) in [5, 5.41) is 8.06. The van der Waals surface area contributed by atoms with Crippen molar-refractivity contribution in [2.45, 2.75) is 203 Å². The maximum absolute atomic E-state index is 10.7. The predicted octanol–water partition coefficient (Wildman–Crippen LogP) is 12.6. The van der Waals surface area contributed by atoms with Crippen LogP contribution in [0, 0.1) is 23.7 Å². The van der Waals surface area contributed by atoms with Gasteiger partial charge in [0.25, 0.3) is 0 Å². The average Bonchev–Trinajstić information content (AvgIpc) is 3.61. The number of aryl methyl sites for hydroxylation is 2. The number of carbonyl (C=O) groups is 12. The monoisotopic (exact) mass is 1360 g/mol. The standard InChI is InChI=1S/2C8H10.C7H13NO.2C5H12.C5H10.2C4H10.C3H8O.C2H6.6CH5N.11CH2O.5H3N/c2*1-2-8-6-4-3-5-7-8;1-7(9)8-5-3-2-4-6-8;3*1-4-5(2)3;2*1-4(2)3;1-3(2)4;18*1-2;;;;;/h2*3-7H,2H2,1H3;2-6H2,1H3;2*5H,4H2,1-3H3;2,4H2,1,3H3;2*4H,1-3H3;3-4H,1-2H3;1-2H3;6*2H2,1H3;11*1H2;5*1H3. The normalized spacial score (nSPS) is 7.02. The van der Waals surface area contributed by atoms with E-state index in [4.69, 9.17) is 57.8 Å². The maximum atomic E-state index is 10.7. The molecule has 0 saturated carbocycles. The van der Waals surface area contributed by atoms with Crippen molar-refractivity contribution in [3.63, 3.8) is 0 Å². The van der Waals surface area contributed by atoms with Crippen molar-refractivity contribution in [2.75, 3.05) is 55.4 Å². The lowest BCUT2D eigenvalue weighted by Gasteiger charge is -2.24. The van der Waals surface area contributed by atoms with Crippen LogP contribution in [-0.2, 0) is 70.4 Å². The van der Waals surface area contributed by atoms with Gasteiger partial charge in [0.15, 0.2) is 0 Å². The van der Waals surface area contributed by atoms with Crippen molar-refractivity contribution < 1.29 is 62.6 Å². The van der Waals surface area contributed by atoms with Crippen molar-refractivity contribution in [1.29, 1.82) is 0 Å². The fourth-order valence-electron chi connectivity index (χ4n) is 2.64. The largest absolute Gasteiger partial charge is 0.394 e. The molecule has 1 aliphatic rings. The summed E-state index contributed by atoms with van der Waals surface area (Å²) in [6, 6.07) is 20.9. The lowest BCUT2D eigenvalue weighted by molar-refractivity contribution is -0.129. The first-order valence-corrected chi connectivity index (χ1v) is 28.5. The third-order valence-electron chi connectivity index (χ3n) is 6.54. The highest BCUT2D eigenvalue weighted by Crippen LogP contribution is 2.07. The Bertz CT molecular complexity index is 1060. The van der Waals surface area contributed by atoms with Gasteiger partial charge in [-0.05, 0) is 136 Å². The van der Waals surface area contributed by atoms with Crippen molar-refractivity contribution in [3.05, 3.63) is 83.9 Å². The summed E-state index contributed by atoms with van der Waals surface area (Å²) in [5.41, 5.74) is 31.1. The number of rotatable bonds is 5. The Morgan fingerprint density at radius 3 is 0.581 bits per heavy atom. The van der Waals surface area contributed by atoms with Gasteiger partial charge in [-0.15, -0.1) is 6.58 Å². The number of likely N-dealkylation sites (tertiary alicyclic amines) is 1. The van der Waals surface area contributed by atoms with Crippen molar-refractivity contribution in [2.24, 2.45) is 58.1 Å². The van der Waals surface area contributed by atoms with E-state index in [0.717, 1.165) is 56.0 Å². The molecule has 2 aromatic rings. The highest BCUT2D eigenvalue weighted by Gasteiger charge is 2.11. The molecule has 0 unspecified atom stereocenters. The predicted molar refractivity (Wildman–Crippen MR) is 417 cm³/mol. The van der Waals surface area contributed by atoms with Crippen LogP contribution in [0.2, 0.25) is 0 Å². The average molecular weight is 1360 g/mol. The minimum atomic E-state index is -0.167. The van der Waals surface area contributed by atoms with Crippen molar-refractivity contribution in [1.82, 2.24) is 35.7 Å². The van der Waals surface area contributed by atoms with Gasteiger partial charge in [0.2, 0.25) is 5.91 Å². The summed E-state index contributed by atoms with van der Waals surface area (Å²) in [4.78, 5) is 101. The lowest BCUT2D eigenvalue weighted by Crippen LogP contribution is -2.33. The molecule has 1 fully saturated rings. The van der Waals surface area contributed by atoms with E-state index < -0.39 is 0 Å². The first-order valence-electron chi connectivity index (χ1n) is 28.5. The zero-order chi connectivity index (χ0) is 77.9. The van der Waals surface area contributed by atoms with E-state index in [1.807, 2.05) is 112 Å². The molecule has 28 N–H and O–H groups in total. The Labute approximate surface area is 577 Å². The highest BCUT2D eigenvalue weighted by molar-refractivity contribution is 5.73. The van der Waals surface area contributed by atoms with Crippen LogP contribution in [-0.4, -0.2) is 152 Å². The molecule has 93 heavy (non-hydrogen) atoms. The van der Waals surface area contributed by atoms with E-state index in [-0.39, 0.29) is 42.8 Å². The zero-order valence-electron chi connectivity index (χ0n) is 66.0. The van der Waals surface area contributed by atoms with Gasteiger partial charge in [0.05, 0.1) is 0 Å². The summed E-state index contributed by atoms with van der Waals surface area (Å²) in [7, 11) is 9.00. The van der Waals surface area contributed by atoms with Gasteiger partial charge in [-0.1, -0.05) is 197 Å². The Morgan fingerprint density at radius 1 is 0.387 bits per heavy atom. The molecule has 2 aromatic carbocycles. The summed E-state index contributed by atoms with van der Waals surface area (Å²) >= 11 is 0. The molecule has 0 spiro atoms. The van der Waals surface area contributed by atoms with Crippen LogP contribution in [0.25, 0.3) is 0 Å². The van der Waals surface area contributed by atoms with E-state index in [2.05, 4.69) is 193 Å². The number of benzene rings is 2. The first-order chi connectivity index (χ1) is 42.2. The summed E-state index contributed by atoms with van der Waals surface area (Å²) in [5.74, 6) is 3.67. The number of aliphatic hydroxyl groups is 1. The molecule has 1 amide bonds. The van der Waals surface area contributed by atoms with Gasteiger partial charge in [0, 0.05) is 26.1 Å². The van der Waals surface area contributed by atoms with Crippen LogP contribution in [0.3, 0.4) is 0 Å². The van der Waals surface area contributed by atoms with Gasteiger partial charge in [0.1, 0.15) is 74.7 Å². The molecule has 0 bridgehead atoms. The molecule has 0 aromatic heterocycles. The van der Waals surface area contributed by atoms with Gasteiger partial charge in [-0.3, -0.25) is 4.79 Å². The Kier molecular flexibility index (Phi) is 663. The third-order valence-corrected chi connectivity index (χ3v) is 6.54. The molecular weight excluding hydrogens is 1190 g/mol. The molecule has 25 nitrogen and oxygen atoms in total. The van der Waals surface area contributed by atoms with Crippen LogP contribution in [0.4, 0.5) is 0 Å². The van der Waals surface area contributed by atoms with E-state index >= 15 is 0 Å². The number of amides is 1. The molecule has 0 atom stereocenters. The summed E-state index contributed by atoms with van der Waals surface area (Å²) in [6.07, 6.45) is 9.52. The summed E-state index contributed by atoms with van der Waals surface area (Å²) in [6.45, 7) is 71.5. The van der Waals surface area contributed by atoms with E-state index in [1.54, 1.807) is 20.8 Å². The van der Waals surface area contributed by atoms with Gasteiger partial charge < -0.3 is 128 Å². The third kappa shape index (κ3) is 600. The number of hydrogen-bond acceptors (Lipinski definition) is 24. The zero-order valence-corrected chi connectivity index (χ0v) is 66.0. The highest BCUT2D eigenvalue weighted by atomic mass is 16.3. The second-order valence-electron chi connectivity index (χ2n) is 15.7. The van der Waals surface area contributed by atoms with Crippen LogP contribution in [0.1, 0.15) is 195 Å². The Balaban J connectivity index is -0.0000000173. The minimum absolute atomic E-state index is 0. The lowest BCUT2D eigenvalue weighted by atomic mass is 10.1. The molecule has 1 saturated heterocycles. The molecule has 1 aliphatic heterocycles. The van der Waals surface area contributed by atoms with Crippen LogP contribution >= 0.6 is 0 Å². The number of nitrogens with two attached hydrogens (primary N) is 6. The summed E-state index contributed by atoms with van der Waals surface area (Å²) < 4.78 is 0. The molecule has 25 heteroatoms. The van der Waals surface area contributed by atoms with Crippen molar-refractivity contribution in [3.8, 4) is 0 Å². The molecule has 0 radical (unpaired) electrons. The second-order valence-corrected chi connectivity index (χ2v) is 15.7. The Hall–Kier alpha value is -6.46. The maximum Gasteiger partial charge on any atom is 0.219 e. The fourth-order valence-corrected chi connectivity index (χ4v) is 2.64. The quantitative estimate of drug-likeness (QED) is 0.124. The van der Waals surface area contributed by atoms with Crippen molar-refractivity contribution >= 4 is 80.6 Å². The number of hydrogen-bond donors (Lipinski definition) is 12. The van der Waals surface area contributed by atoms with Gasteiger partial charge >= 0.3 is 0 Å². The van der Waals surface area contributed by atoms with Gasteiger partial charge in [-0.2, -0.15) is 0 Å². The number of piperidine rings is 1. The van der Waals surface area contributed by atoms with E-state index in [1.165, 1.54) is 91.1 Å². The van der Waals surface area contributed by atoms with E-state index in [9.17, 15) is 4.79 Å². The topological polar surface area (TPSA) is 559 Å². The smallest absolute Gasteiger partial charge is 0.219 e. The minimum Gasteiger partial charge on any atom is -0.394 e. The molecule has 578 valence electrons. The second kappa shape index (κ2) is 322. The van der Waals surface area contributed by atoms with Crippen LogP contribution in [0.15, 0.2) is 72.8 Å². The van der Waals surface area contributed by atoms with Crippen LogP contribution < -0.4 is 65.2 Å². The molecule has 0 aliphatic carbocycles. The number of nitrogens with zero attached hydrogens (tertiary/aromatic N) is 1. The number of allylic oxidation sites excluding steroid dienone is 1. The van der Waals surface area contributed by atoms with Gasteiger partial charge in [-0.25, -0.2) is 0 Å². The SMILES string of the molecule is C=C(C)CC.C=O.C=O.C=O.C=O.C=O.C=O.C=O.C=O.C=O.C=O.C=O.CC.CC(=O)N1CCCCC1.CC(C)C.CC(C)C.CC(C)O.CCC(C)C.CCC(C)C.CCc1ccccc1.CCc1ccccc1.CN.CN.CN.CN.CN.CN.N.N.N.N.N. The molecule has 3 rings (SSSR count). The first kappa shape index (κ1) is 191. The van der Waals surface area contributed by atoms with E-state index in [0.29, 0.717) is 0 Å². The Morgan fingerprint density at radius 2 is 0.516 bits per heavy atom. The fraction of sp³-hybridized carbons (Fsp3) is 0.618.